The zero-order valence-electron chi connectivity index (χ0n) is 19.1. The van der Waals surface area contributed by atoms with Crippen LogP contribution in [-0.4, -0.2) is 23.5 Å². The fourth-order valence-electron chi connectivity index (χ4n) is 4.38. The Labute approximate surface area is 194 Å². The summed E-state index contributed by atoms with van der Waals surface area (Å²) in [5.41, 5.74) is 1.89. The Bertz CT molecular complexity index is 1100. The molecule has 1 fully saturated rings. The van der Waals surface area contributed by atoms with Crippen LogP contribution >= 0.6 is 0 Å². The fourth-order valence-corrected chi connectivity index (χ4v) is 4.38. The van der Waals surface area contributed by atoms with E-state index in [0.717, 1.165) is 23.1 Å². The molecular weight excluding hydrogens is 414 g/mol. The molecule has 1 heterocycles. The molecule has 1 saturated heterocycles. The Kier molecular flexibility index (Phi) is 6.78. The van der Waals surface area contributed by atoms with Gasteiger partial charge in [0.15, 0.2) is 0 Å². The van der Waals surface area contributed by atoms with Crippen LogP contribution in [0.1, 0.15) is 49.4 Å². The SMILES string of the molecule is CCC[C@@](C)(C(=O)N1C(=O)OC[C@H]1c1ccccc1)c1cccc(OCc2ccccc2)c1. The molecule has 5 nitrogen and oxygen atoms in total. The van der Waals surface area contributed by atoms with E-state index < -0.39 is 17.6 Å². The van der Waals surface area contributed by atoms with Crippen LogP contribution in [0.2, 0.25) is 0 Å². The first-order valence-electron chi connectivity index (χ1n) is 11.4. The maximum atomic E-state index is 13.9. The smallest absolute Gasteiger partial charge is 0.417 e. The highest BCUT2D eigenvalue weighted by Gasteiger charge is 2.47. The minimum atomic E-state index is -0.892. The molecule has 2 atom stereocenters. The Morgan fingerprint density at radius 3 is 2.42 bits per heavy atom. The molecule has 0 bridgehead atoms. The van der Waals surface area contributed by atoms with Crippen LogP contribution in [0, 0.1) is 0 Å². The van der Waals surface area contributed by atoms with Gasteiger partial charge in [-0.15, -0.1) is 0 Å². The van der Waals surface area contributed by atoms with Gasteiger partial charge in [0.1, 0.15) is 25.0 Å². The lowest BCUT2D eigenvalue weighted by molar-refractivity contribution is -0.135. The number of hydrogen-bond acceptors (Lipinski definition) is 4. The standard InChI is InChI=1S/C28H29NO4/c1-3-17-28(2,23-15-10-16-24(18-23)32-19-21-11-6-4-7-12-21)26(30)29-25(20-33-27(29)31)22-13-8-5-9-14-22/h4-16,18,25H,3,17,19-20H2,1-2H3/t25-,28+/m0/s1. The molecule has 33 heavy (non-hydrogen) atoms. The molecule has 0 N–H and O–H groups in total. The van der Waals surface area contributed by atoms with Crippen molar-refractivity contribution in [3.05, 3.63) is 102 Å². The van der Waals surface area contributed by atoms with Gasteiger partial charge in [0.05, 0.1) is 5.41 Å². The lowest BCUT2D eigenvalue weighted by atomic mass is 9.77. The van der Waals surface area contributed by atoms with Crippen molar-refractivity contribution in [3.8, 4) is 5.75 Å². The van der Waals surface area contributed by atoms with Crippen LogP contribution in [0.25, 0.3) is 0 Å². The van der Waals surface area contributed by atoms with Crippen molar-refractivity contribution < 1.29 is 19.1 Å². The number of carbonyl (C=O) groups excluding carboxylic acids is 2. The van der Waals surface area contributed by atoms with Crippen molar-refractivity contribution in [2.45, 2.75) is 44.8 Å². The molecule has 1 aliphatic heterocycles. The Morgan fingerprint density at radius 1 is 1.03 bits per heavy atom. The van der Waals surface area contributed by atoms with E-state index in [-0.39, 0.29) is 12.5 Å². The summed E-state index contributed by atoms with van der Waals surface area (Å²) in [6, 6.07) is 26.7. The third kappa shape index (κ3) is 4.77. The third-order valence-corrected chi connectivity index (χ3v) is 6.22. The maximum Gasteiger partial charge on any atom is 0.417 e. The van der Waals surface area contributed by atoms with E-state index >= 15 is 0 Å². The van der Waals surface area contributed by atoms with Gasteiger partial charge >= 0.3 is 6.09 Å². The Hall–Kier alpha value is -3.60. The molecule has 5 heteroatoms. The molecule has 3 aromatic rings. The maximum absolute atomic E-state index is 13.9. The average Bonchev–Trinajstić information content (AvgIpc) is 3.25. The highest BCUT2D eigenvalue weighted by Crippen LogP contribution is 2.38. The van der Waals surface area contributed by atoms with Crippen molar-refractivity contribution in [3.63, 3.8) is 0 Å². The van der Waals surface area contributed by atoms with E-state index in [1.165, 1.54) is 4.90 Å². The number of carbonyl (C=O) groups is 2. The van der Waals surface area contributed by atoms with Gasteiger partial charge < -0.3 is 9.47 Å². The van der Waals surface area contributed by atoms with Crippen molar-refractivity contribution in [2.24, 2.45) is 0 Å². The van der Waals surface area contributed by atoms with E-state index in [9.17, 15) is 9.59 Å². The molecule has 3 aromatic carbocycles. The second-order valence-corrected chi connectivity index (χ2v) is 8.56. The number of ether oxygens (including phenoxy) is 2. The fraction of sp³-hybridized carbons (Fsp3) is 0.286. The van der Waals surface area contributed by atoms with Gasteiger partial charge in [-0.25, -0.2) is 9.69 Å². The molecule has 0 radical (unpaired) electrons. The van der Waals surface area contributed by atoms with E-state index in [2.05, 4.69) is 0 Å². The largest absolute Gasteiger partial charge is 0.489 e. The highest BCUT2D eigenvalue weighted by molar-refractivity contribution is 5.99. The van der Waals surface area contributed by atoms with Gasteiger partial charge in [0, 0.05) is 0 Å². The summed E-state index contributed by atoms with van der Waals surface area (Å²) >= 11 is 0. The average molecular weight is 444 g/mol. The summed E-state index contributed by atoms with van der Waals surface area (Å²) in [6.45, 7) is 4.55. The number of amides is 2. The van der Waals surface area contributed by atoms with Gasteiger partial charge in [0.2, 0.25) is 5.91 Å². The second-order valence-electron chi connectivity index (χ2n) is 8.56. The summed E-state index contributed by atoms with van der Waals surface area (Å²) in [5.74, 6) is 0.441. The number of nitrogens with zero attached hydrogens (tertiary/aromatic N) is 1. The molecule has 0 spiro atoms. The summed E-state index contributed by atoms with van der Waals surface area (Å²) in [4.78, 5) is 27.9. The first-order valence-corrected chi connectivity index (χ1v) is 11.4. The number of cyclic esters (lactones) is 1. The topological polar surface area (TPSA) is 55.8 Å². The van der Waals surface area contributed by atoms with E-state index in [4.69, 9.17) is 9.47 Å². The van der Waals surface area contributed by atoms with Crippen molar-refractivity contribution in [1.82, 2.24) is 4.90 Å². The summed E-state index contributed by atoms with van der Waals surface area (Å²) in [6.07, 6.45) is 0.794. The van der Waals surface area contributed by atoms with E-state index in [0.29, 0.717) is 18.8 Å². The second kappa shape index (κ2) is 9.90. The lowest BCUT2D eigenvalue weighted by Crippen LogP contribution is -2.46. The molecular formula is C28H29NO4. The van der Waals surface area contributed by atoms with Crippen molar-refractivity contribution >= 4 is 12.0 Å². The Morgan fingerprint density at radius 2 is 1.73 bits per heavy atom. The zero-order valence-corrected chi connectivity index (χ0v) is 19.1. The van der Waals surface area contributed by atoms with Crippen LogP contribution in [0.5, 0.6) is 5.75 Å². The van der Waals surface area contributed by atoms with Crippen LogP contribution < -0.4 is 4.74 Å². The first kappa shape index (κ1) is 22.6. The minimum Gasteiger partial charge on any atom is -0.489 e. The molecule has 0 saturated carbocycles. The highest BCUT2D eigenvalue weighted by atomic mass is 16.6. The first-order chi connectivity index (χ1) is 16.0. The number of hydrogen-bond donors (Lipinski definition) is 0. The molecule has 1 aliphatic rings. The van der Waals surface area contributed by atoms with E-state index in [1.807, 2.05) is 98.8 Å². The normalized spacial score (nSPS) is 17.3. The van der Waals surface area contributed by atoms with Gasteiger partial charge in [-0.1, -0.05) is 86.1 Å². The van der Waals surface area contributed by atoms with Crippen molar-refractivity contribution in [2.75, 3.05) is 6.61 Å². The number of benzene rings is 3. The number of imide groups is 1. The van der Waals surface area contributed by atoms with Gasteiger partial charge in [0.25, 0.3) is 0 Å². The predicted octanol–water partition coefficient (Wildman–Crippen LogP) is 6.04. The Balaban J connectivity index is 1.62. The van der Waals surface area contributed by atoms with Crippen LogP contribution in [0.3, 0.4) is 0 Å². The van der Waals surface area contributed by atoms with E-state index in [1.54, 1.807) is 0 Å². The summed E-state index contributed by atoms with van der Waals surface area (Å²) in [5, 5.41) is 0. The predicted molar refractivity (Wildman–Crippen MR) is 127 cm³/mol. The van der Waals surface area contributed by atoms with Crippen molar-refractivity contribution in [1.29, 1.82) is 0 Å². The van der Waals surface area contributed by atoms with Gasteiger partial charge in [-0.3, -0.25) is 4.79 Å². The molecule has 0 aliphatic carbocycles. The summed E-state index contributed by atoms with van der Waals surface area (Å²) < 4.78 is 11.3. The molecule has 4 rings (SSSR count). The molecule has 0 unspecified atom stereocenters. The quantitative estimate of drug-likeness (QED) is 0.426. The molecule has 0 aromatic heterocycles. The summed E-state index contributed by atoms with van der Waals surface area (Å²) in [7, 11) is 0. The zero-order chi connectivity index (χ0) is 23.3. The van der Waals surface area contributed by atoms with Crippen LogP contribution in [0.4, 0.5) is 4.79 Å². The minimum absolute atomic E-state index is 0.164. The van der Waals surface area contributed by atoms with Gasteiger partial charge in [-0.2, -0.15) is 0 Å². The third-order valence-electron chi connectivity index (χ3n) is 6.22. The molecule has 2 amide bonds. The van der Waals surface area contributed by atoms with Crippen LogP contribution in [-0.2, 0) is 21.6 Å². The monoisotopic (exact) mass is 443 g/mol. The van der Waals surface area contributed by atoms with Crippen LogP contribution in [0.15, 0.2) is 84.9 Å². The lowest BCUT2D eigenvalue weighted by Gasteiger charge is -2.33. The number of rotatable bonds is 8. The molecule has 170 valence electrons. The van der Waals surface area contributed by atoms with Gasteiger partial charge in [-0.05, 0) is 42.2 Å².